The van der Waals surface area contributed by atoms with Crippen LogP contribution in [0.1, 0.15) is 77.9 Å². The predicted octanol–water partition coefficient (Wildman–Crippen LogP) is 4.33. The Morgan fingerprint density at radius 1 is 1.19 bits per heavy atom. The van der Waals surface area contributed by atoms with Crippen LogP contribution in [-0.2, 0) is 19.1 Å². The van der Waals surface area contributed by atoms with Crippen LogP contribution in [0.2, 0.25) is 0 Å². The van der Waals surface area contributed by atoms with E-state index < -0.39 is 35.6 Å². The highest BCUT2D eigenvalue weighted by Crippen LogP contribution is 2.56. The summed E-state index contributed by atoms with van der Waals surface area (Å²) in [5.41, 5.74) is 0.209. The summed E-state index contributed by atoms with van der Waals surface area (Å²) < 4.78 is 12.1. The summed E-state index contributed by atoms with van der Waals surface area (Å²) in [4.78, 5) is 30.8. The van der Waals surface area contributed by atoms with Crippen LogP contribution in [0.15, 0.2) is 11.0 Å². The molecule has 1 aromatic rings. The van der Waals surface area contributed by atoms with Crippen molar-refractivity contribution in [2.75, 3.05) is 0 Å². The number of hydrogen-bond acceptors (Lipinski definition) is 8. The number of carbonyl (C=O) groups excluding carboxylic acids is 2. The third-order valence-corrected chi connectivity index (χ3v) is 9.66. The average Bonchev–Trinajstić information content (AvgIpc) is 3.66. The van der Waals surface area contributed by atoms with Crippen LogP contribution in [0.4, 0.5) is 0 Å². The highest BCUT2D eigenvalue weighted by atomic mass is 32.1. The van der Waals surface area contributed by atoms with Gasteiger partial charge in [0.25, 0.3) is 0 Å². The van der Waals surface area contributed by atoms with E-state index in [-0.39, 0.29) is 29.8 Å². The third-order valence-electron chi connectivity index (χ3n) is 8.87. The molecule has 1 aromatic heterocycles. The maximum Gasteiger partial charge on any atom is 0.309 e. The molecule has 0 radical (unpaired) electrons. The topological polar surface area (TPSA) is 109 Å². The fraction of sp³-hybridized carbons (Fsp3) is 0.750. The number of esters is 1. The first kappa shape index (κ1) is 27.4. The van der Waals surface area contributed by atoms with Gasteiger partial charge in [0.05, 0.1) is 46.5 Å². The molecule has 200 valence electrons. The zero-order valence-corrected chi connectivity index (χ0v) is 23.3. The predicted molar refractivity (Wildman–Crippen MR) is 138 cm³/mol. The number of thiazole rings is 1. The second-order valence-electron chi connectivity index (χ2n) is 12.1. The van der Waals surface area contributed by atoms with Gasteiger partial charge in [-0.3, -0.25) is 9.59 Å². The summed E-state index contributed by atoms with van der Waals surface area (Å²) >= 11 is 1.56. The van der Waals surface area contributed by atoms with Crippen molar-refractivity contribution in [2.24, 2.45) is 29.1 Å². The number of aliphatic hydroxyl groups excluding tert-OH is 2. The molecule has 8 heteroatoms. The number of epoxide rings is 1. The van der Waals surface area contributed by atoms with Gasteiger partial charge in [-0.1, -0.05) is 27.7 Å². The van der Waals surface area contributed by atoms with E-state index in [1.54, 1.807) is 32.1 Å². The van der Waals surface area contributed by atoms with E-state index in [1.807, 2.05) is 32.2 Å². The Balaban J connectivity index is 1.59. The number of fused-ring (bicyclic) bond motifs is 2. The van der Waals surface area contributed by atoms with Crippen LogP contribution in [0.5, 0.6) is 0 Å². The lowest BCUT2D eigenvalue weighted by Crippen LogP contribution is -2.46. The molecule has 0 unspecified atom stereocenters. The normalized spacial score (nSPS) is 41.8. The minimum absolute atomic E-state index is 0.0277. The van der Waals surface area contributed by atoms with Crippen LogP contribution >= 0.6 is 11.3 Å². The van der Waals surface area contributed by atoms with Crippen molar-refractivity contribution < 1.29 is 29.3 Å². The SMILES string of the molecule is C/C(=C\c1csc(C)n1)[C@@H]1C[C@@H]2O[C@]2(C)C[C@H]2C[C@H]2[C@H](C)[C@H](O)[C@@H](C)C(=O)C(C)(C)[C@@H](O)CC(=O)O1. The van der Waals surface area contributed by atoms with Gasteiger partial charge in [-0.15, -0.1) is 11.3 Å². The van der Waals surface area contributed by atoms with Gasteiger partial charge in [0.15, 0.2) is 0 Å². The lowest BCUT2D eigenvalue weighted by molar-refractivity contribution is -0.154. The Bertz CT molecular complexity index is 1030. The molecular weight excluding hydrogens is 478 g/mol. The zero-order valence-electron chi connectivity index (χ0n) is 22.5. The molecule has 0 amide bonds. The van der Waals surface area contributed by atoms with Crippen molar-refractivity contribution in [3.63, 3.8) is 0 Å². The lowest BCUT2D eigenvalue weighted by Gasteiger charge is -2.34. The third kappa shape index (κ3) is 5.62. The first-order chi connectivity index (χ1) is 16.7. The molecule has 2 saturated heterocycles. The zero-order chi connectivity index (χ0) is 26.6. The van der Waals surface area contributed by atoms with Crippen LogP contribution in [0, 0.1) is 36.0 Å². The van der Waals surface area contributed by atoms with Gasteiger partial charge >= 0.3 is 5.97 Å². The van der Waals surface area contributed by atoms with E-state index >= 15 is 0 Å². The number of aliphatic hydroxyl groups is 2. The fourth-order valence-corrected chi connectivity index (χ4v) is 6.54. The number of hydrogen-bond donors (Lipinski definition) is 2. The molecule has 3 aliphatic rings. The van der Waals surface area contributed by atoms with Crippen LogP contribution in [0.3, 0.4) is 0 Å². The standard InChI is InChI=1S/C28H41NO6S/c1-14(8-19-13-36-17(4)29-19)21-10-23-28(7,35-23)12-18-9-20(18)15(2)25(32)16(3)26(33)27(5,6)22(30)11-24(31)34-21/h8,13,15-16,18,20-23,25,30,32H,9-12H2,1-7H3/b14-8+/t15-,16+,18+,20-,21-,22-,23-,25-,28+/m0/s1. The number of cyclic esters (lactones) is 1. The molecule has 3 heterocycles. The average molecular weight is 520 g/mol. The molecule has 0 bridgehead atoms. The van der Waals surface area contributed by atoms with Gasteiger partial charge < -0.3 is 19.7 Å². The van der Waals surface area contributed by atoms with E-state index in [9.17, 15) is 19.8 Å². The highest BCUT2D eigenvalue weighted by Gasteiger charge is 2.58. The Hall–Kier alpha value is -1.61. The van der Waals surface area contributed by atoms with Crippen molar-refractivity contribution >= 4 is 29.2 Å². The molecule has 0 aromatic carbocycles. The number of aryl methyl sites for hydroxylation is 1. The first-order valence-corrected chi connectivity index (χ1v) is 14.0. The second kappa shape index (κ2) is 9.93. The second-order valence-corrected chi connectivity index (χ2v) is 13.2. The van der Waals surface area contributed by atoms with E-state index in [1.165, 1.54) is 0 Å². The molecule has 2 aliphatic heterocycles. The molecule has 1 saturated carbocycles. The number of ether oxygens (including phenoxy) is 2. The summed E-state index contributed by atoms with van der Waals surface area (Å²) in [7, 11) is 0. The van der Waals surface area contributed by atoms with E-state index in [0.717, 1.165) is 29.1 Å². The van der Waals surface area contributed by atoms with Gasteiger partial charge in [0.2, 0.25) is 0 Å². The van der Waals surface area contributed by atoms with E-state index in [4.69, 9.17) is 9.47 Å². The Kier molecular flexibility index (Phi) is 7.57. The summed E-state index contributed by atoms with van der Waals surface area (Å²) in [5.74, 6) is -0.686. The molecule has 2 N–H and O–H groups in total. The van der Waals surface area contributed by atoms with E-state index in [2.05, 4.69) is 11.9 Å². The summed E-state index contributed by atoms with van der Waals surface area (Å²) in [6, 6.07) is 0. The molecular formula is C28H41NO6S. The summed E-state index contributed by atoms with van der Waals surface area (Å²) in [6.07, 6.45) is 1.49. The van der Waals surface area contributed by atoms with Gasteiger partial charge in [-0.2, -0.15) is 0 Å². The molecule has 4 rings (SSSR count). The van der Waals surface area contributed by atoms with Gasteiger partial charge in [0, 0.05) is 17.7 Å². The van der Waals surface area contributed by atoms with Gasteiger partial charge in [-0.25, -0.2) is 4.98 Å². The van der Waals surface area contributed by atoms with Crippen molar-refractivity contribution in [3.05, 3.63) is 21.7 Å². The van der Waals surface area contributed by atoms with Crippen molar-refractivity contribution in [2.45, 2.75) is 104 Å². The van der Waals surface area contributed by atoms with Crippen molar-refractivity contribution in [1.82, 2.24) is 4.98 Å². The van der Waals surface area contributed by atoms with Crippen LogP contribution in [-0.4, -0.2) is 57.0 Å². The molecule has 9 atom stereocenters. The van der Waals surface area contributed by atoms with E-state index in [0.29, 0.717) is 18.3 Å². The lowest BCUT2D eigenvalue weighted by atomic mass is 9.72. The number of Topliss-reactive ketones (excluding diaryl/α,β-unsaturated/α-hetero) is 1. The Morgan fingerprint density at radius 3 is 2.53 bits per heavy atom. The van der Waals surface area contributed by atoms with Crippen LogP contribution in [0.25, 0.3) is 6.08 Å². The molecule has 0 spiro atoms. The molecule has 1 aliphatic carbocycles. The number of ketones is 1. The number of carbonyl (C=O) groups is 2. The summed E-state index contributed by atoms with van der Waals surface area (Å²) in [6.45, 7) is 13.0. The monoisotopic (exact) mass is 519 g/mol. The summed E-state index contributed by atoms with van der Waals surface area (Å²) in [5, 5.41) is 24.9. The fourth-order valence-electron chi connectivity index (χ4n) is 5.97. The number of nitrogens with zero attached hydrogens (tertiary/aromatic N) is 1. The Morgan fingerprint density at radius 2 is 1.89 bits per heavy atom. The molecule has 7 nitrogen and oxygen atoms in total. The highest BCUT2D eigenvalue weighted by molar-refractivity contribution is 7.09. The van der Waals surface area contributed by atoms with Crippen molar-refractivity contribution in [1.29, 1.82) is 0 Å². The smallest absolute Gasteiger partial charge is 0.309 e. The van der Waals surface area contributed by atoms with Gasteiger partial charge in [-0.05, 0) is 63.0 Å². The maximum atomic E-state index is 13.3. The van der Waals surface area contributed by atoms with Crippen molar-refractivity contribution in [3.8, 4) is 0 Å². The van der Waals surface area contributed by atoms with Gasteiger partial charge in [0.1, 0.15) is 11.9 Å². The number of aromatic nitrogens is 1. The maximum absolute atomic E-state index is 13.3. The van der Waals surface area contributed by atoms with Crippen LogP contribution < -0.4 is 0 Å². The minimum Gasteiger partial charge on any atom is -0.458 e. The Labute approximate surface area is 218 Å². The molecule has 3 fully saturated rings. The minimum atomic E-state index is -1.22. The first-order valence-electron chi connectivity index (χ1n) is 13.1. The quantitative estimate of drug-likeness (QED) is 0.442. The largest absolute Gasteiger partial charge is 0.458 e. The number of rotatable bonds is 2. The molecule has 36 heavy (non-hydrogen) atoms.